The minimum atomic E-state index is -0.421. The number of tetrazole rings is 1. The number of hydrogen-bond acceptors (Lipinski definition) is 7. The van der Waals surface area contributed by atoms with Gasteiger partial charge in [0.1, 0.15) is 6.33 Å². The maximum Gasteiger partial charge on any atom is 0.271 e. The lowest BCUT2D eigenvalue weighted by molar-refractivity contribution is 0.0677. The van der Waals surface area contributed by atoms with E-state index in [9.17, 15) is 14.4 Å². The molecule has 0 bridgehead atoms. The van der Waals surface area contributed by atoms with E-state index < -0.39 is 5.91 Å². The van der Waals surface area contributed by atoms with Gasteiger partial charge < -0.3 is 0 Å². The van der Waals surface area contributed by atoms with Crippen LogP contribution in [0.3, 0.4) is 0 Å². The number of carbonyl (C=O) groups is 3. The number of aromatic nitrogens is 4. The van der Waals surface area contributed by atoms with Crippen LogP contribution in [0.5, 0.6) is 0 Å². The van der Waals surface area contributed by atoms with Gasteiger partial charge in [0.15, 0.2) is 0 Å². The molecule has 0 radical (unpaired) electrons. The van der Waals surface area contributed by atoms with Gasteiger partial charge in [0.25, 0.3) is 17.7 Å². The number of rotatable bonds is 5. The summed E-state index contributed by atoms with van der Waals surface area (Å²) in [6.07, 6.45) is 1.45. The molecule has 3 aromatic rings. The molecule has 4 rings (SSSR count). The highest BCUT2D eigenvalue weighted by Crippen LogP contribution is 2.22. The van der Waals surface area contributed by atoms with Crippen LogP contribution in [0.25, 0.3) is 5.69 Å². The van der Waals surface area contributed by atoms with Crippen molar-refractivity contribution in [3.63, 3.8) is 0 Å². The van der Waals surface area contributed by atoms with Crippen molar-refractivity contribution >= 4 is 23.4 Å². The first-order valence-corrected chi connectivity index (χ1v) is 8.67. The van der Waals surface area contributed by atoms with Gasteiger partial charge in [-0.25, -0.2) is 10.1 Å². The molecule has 3 amide bonds. The average molecular weight is 389 g/mol. The van der Waals surface area contributed by atoms with Crippen LogP contribution in [-0.4, -0.2) is 55.1 Å². The summed E-state index contributed by atoms with van der Waals surface area (Å²) in [7, 11) is 0. The molecule has 2 aromatic carbocycles. The first-order chi connectivity index (χ1) is 14.0. The second kappa shape index (κ2) is 7.43. The third kappa shape index (κ3) is 3.50. The van der Waals surface area contributed by atoms with Gasteiger partial charge in [0, 0.05) is 5.56 Å². The fraction of sp³-hybridized carbons (Fsp3) is 0.105. The van der Waals surface area contributed by atoms with E-state index >= 15 is 0 Å². The predicted molar refractivity (Wildman–Crippen MR) is 102 cm³/mol. The molecule has 0 atom stereocenters. The van der Waals surface area contributed by atoms with Crippen molar-refractivity contribution in [2.24, 2.45) is 5.10 Å². The van der Waals surface area contributed by atoms with Gasteiger partial charge in [-0.05, 0) is 53.7 Å². The highest BCUT2D eigenvalue weighted by molar-refractivity contribution is 6.22. The maximum absolute atomic E-state index is 12.4. The normalized spacial score (nSPS) is 13.6. The van der Waals surface area contributed by atoms with Gasteiger partial charge >= 0.3 is 0 Å². The number of imide groups is 1. The fourth-order valence-corrected chi connectivity index (χ4v) is 2.90. The molecule has 0 unspecified atom stereocenters. The van der Waals surface area contributed by atoms with Crippen LogP contribution in [0.1, 0.15) is 38.0 Å². The van der Waals surface area contributed by atoms with Crippen LogP contribution in [0.2, 0.25) is 0 Å². The average Bonchev–Trinajstić information content (AvgIpc) is 3.36. The van der Waals surface area contributed by atoms with Crippen LogP contribution in [0.15, 0.2) is 60.0 Å². The van der Waals surface area contributed by atoms with E-state index in [0.29, 0.717) is 28.1 Å². The van der Waals surface area contributed by atoms with Crippen LogP contribution in [0.4, 0.5) is 0 Å². The number of benzene rings is 2. The molecule has 1 aromatic heterocycles. The highest BCUT2D eigenvalue weighted by atomic mass is 16.2. The number of amides is 3. The molecule has 0 saturated heterocycles. The summed E-state index contributed by atoms with van der Waals surface area (Å²) in [6, 6.07) is 13.3. The molecule has 29 heavy (non-hydrogen) atoms. The molecule has 0 spiro atoms. The quantitative estimate of drug-likeness (QED) is 0.396. The zero-order chi connectivity index (χ0) is 20.4. The second-order valence-electron chi connectivity index (χ2n) is 6.33. The Balaban J connectivity index is 1.40. The van der Waals surface area contributed by atoms with Crippen molar-refractivity contribution in [1.82, 2.24) is 30.5 Å². The van der Waals surface area contributed by atoms with Gasteiger partial charge in [0.2, 0.25) is 0 Å². The number of carbonyl (C=O) groups excluding carboxylic acids is 3. The largest absolute Gasteiger partial charge is 0.271 e. The van der Waals surface area contributed by atoms with E-state index in [0.717, 1.165) is 4.90 Å². The van der Waals surface area contributed by atoms with Crippen LogP contribution >= 0.6 is 0 Å². The molecule has 0 aliphatic carbocycles. The van der Waals surface area contributed by atoms with E-state index in [1.54, 1.807) is 55.5 Å². The number of nitrogens with zero attached hydrogens (tertiary/aromatic N) is 6. The van der Waals surface area contributed by atoms with Gasteiger partial charge in [-0.3, -0.25) is 19.3 Å². The highest BCUT2D eigenvalue weighted by Gasteiger charge is 2.35. The van der Waals surface area contributed by atoms with E-state index in [2.05, 4.69) is 26.1 Å². The summed E-state index contributed by atoms with van der Waals surface area (Å²) in [6.45, 7) is 1.62. The van der Waals surface area contributed by atoms with Gasteiger partial charge in [0.05, 0.1) is 29.1 Å². The molecular formula is C19H15N7O3. The van der Waals surface area contributed by atoms with Crippen molar-refractivity contribution in [2.75, 3.05) is 6.54 Å². The zero-order valence-corrected chi connectivity index (χ0v) is 15.3. The Morgan fingerprint density at radius 1 is 1.03 bits per heavy atom. The standard InChI is InChI=1S/C19H15N7O3/c1-12(10-25-18(28)15-4-2-3-5-16(15)19(25)29)21-22-17(27)13-6-8-14(9-7-13)26-11-20-23-24-26/h2-9,11H,10H2,1H3,(H,22,27). The molecule has 144 valence electrons. The van der Waals surface area contributed by atoms with E-state index in [-0.39, 0.29) is 18.4 Å². The first-order valence-electron chi connectivity index (χ1n) is 8.67. The molecule has 10 heteroatoms. The summed E-state index contributed by atoms with van der Waals surface area (Å²) in [5.74, 6) is -1.16. The van der Waals surface area contributed by atoms with Gasteiger partial charge in [-0.15, -0.1) is 5.10 Å². The second-order valence-corrected chi connectivity index (χ2v) is 6.33. The molecule has 1 aliphatic heterocycles. The fourth-order valence-electron chi connectivity index (χ4n) is 2.90. The summed E-state index contributed by atoms with van der Waals surface area (Å²) < 4.78 is 1.46. The Morgan fingerprint density at radius 3 is 2.28 bits per heavy atom. The van der Waals surface area contributed by atoms with E-state index in [1.165, 1.54) is 11.0 Å². The topological polar surface area (TPSA) is 122 Å². The molecule has 1 aliphatic rings. The molecule has 2 heterocycles. The Kier molecular flexibility index (Phi) is 4.65. The molecule has 0 fully saturated rings. The summed E-state index contributed by atoms with van der Waals surface area (Å²) in [5, 5.41) is 14.9. The van der Waals surface area contributed by atoms with Crippen LogP contribution in [-0.2, 0) is 0 Å². The smallest absolute Gasteiger partial charge is 0.269 e. The minimum Gasteiger partial charge on any atom is -0.269 e. The number of nitrogens with one attached hydrogen (secondary N) is 1. The lowest BCUT2D eigenvalue weighted by atomic mass is 10.1. The Hall–Kier alpha value is -4.21. The third-order valence-corrected chi connectivity index (χ3v) is 4.36. The SMILES string of the molecule is CC(CN1C(=O)c2ccccc2C1=O)=NNC(=O)c1ccc(-n2cnnn2)cc1. The number of hydrazone groups is 1. The molecular weight excluding hydrogens is 374 g/mol. The first kappa shape index (κ1) is 18.2. The van der Waals surface area contributed by atoms with Crippen LogP contribution in [0, 0.1) is 0 Å². The predicted octanol–water partition coefficient (Wildman–Crippen LogP) is 1.06. The maximum atomic E-state index is 12.4. The van der Waals surface area contributed by atoms with Crippen molar-refractivity contribution in [3.05, 3.63) is 71.5 Å². The van der Waals surface area contributed by atoms with Crippen LogP contribution < -0.4 is 5.43 Å². The molecule has 0 saturated carbocycles. The van der Waals surface area contributed by atoms with E-state index in [1.807, 2.05) is 0 Å². The number of fused-ring (bicyclic) bond motifs is 1. The summed E-state index contributed by atoms with van der Waals surface area (Å²) in [5.41, 5.74) is 4.68. The molecule has 10 nitrogen and oxygen atoms in total. The lowest BCUT2D eigenvalue weighted by Gasteiger charge is -2.13. The van der Waals surface area contributed by atoms with Crippen molar-refractivity contribution < 1.29 is 14.4 Å². The summed E-state index contributed by atoms with van der Waals surface area (Å²) in [4.78, 5) is 38.1. The third-order valence-electron chi connectivity index (χ3n) is 4.36. The van der Waals surface area contributed by atoms with Crippen molar-refractivity contribution in [2.45, 2.75) is 6.92 Å². The van der Waals surface area contributed by atoms with Gasteiger partial charge in [-0.2, -0.15) is 5.10 Å². The van der Waals surface area contributed by atoms with Crippen molar-refractivity contribution in [1.29, 1.82) is 0 Å². The Bertz CT molecular complexity index is 1090. The zero-order valence-electron chi connectivity index (χ0n) is 15.3. The van der Waals surface area contributed by atoms with Crippen molar-refractivity contribution in [3.8, 4) is 5.69 Å². The minimum absolute atomic E-state index is 0.00906. The van der Waals surface area contributed by atoms with E-state index in [4.69, 9.17) is 0 Å². The lowest BCUT2D eigenvalue weighted by Crippen LogP contribution is -2.35. The summed E-state index contributed by atoms with van der Waals surface area (Å²) >= 11 is 0. The number of hydrogen-bond donors (Lipinski definition) is 1. The van der Waals surface area contributed by atoms with Gasteiger partial charge in [-0.1, -0.05) is 12.1 Å². The monoisotopic (exact) mass is 389 g/mol. The Morgan fingerprint density at radius 2 is 1.69 bits per heavy atom. The Labute approximate surface area is 164 Å². The molecule has 1 N–H and O–H groups in total.